The maximum absolute atomic E-state index is 13.7. The largest absolute Gasteiger partial charge is 0.494 e. The molecule has 1 aromatic carbocycles. The van der Waals surface area contributed by atoms with Crippen molar-refractivity contribution in [2.24, 2.45) is 0 Å². The maximum Gasteiger partial charge on any atom is 0.248 e. The molecule has 3 aromatic rings. The number of carbonyl (C=O) groups excluding carboxylic acids is 2. The normalized spacial score (nSPS) is 14.6. The van der Waals surface area contributed by atoms with Crippen LogP contribution in [0.4, 0.5) is 5.69 Å². The SMILES string of the molecule is CCOc1cccc(N(C(=O)Cc2cccs2)[C@H](C(=O)NC2CCCC2)c2ccncc2)c1. The van der Waals surface area contributed by atoms with E-state index in [4.69, 9.17) is 4.74 Å². The number of amides is 2. The Kier molecular flexibility index (Phi) is 7.73. The first kappa shape index (κ1) is 23.0. The molecule has 1 aliphatic carbocycles. The second-order valence-corrected chi connectivity index (χ2v) is 9.16. The van der Waals surface area contributed by atoms with Crippen molar-refractivity contribution in [1.29, 1.82) is 0 Å². The summed E-state index contributed by atoms with van der Waals surface area (Å²) in [5, 5.41) is 5.15. The average molecular weight is 464 g/mol. The molecule has 1 saturated carbocycles. The van der Waals surface area contributed by atoms with Gasteiger partial charge in [-0.3, -0.25) is 19.5 Å². The Hall–Kier alpha value is -3.19. The minimum atomic E-state index is -0.807. The molecule has 7 heteroatoms. The van der Waals surface area contributed by atoms with Crippen LogP contribution in [0.3, 0.4) is 0 Å². The first-order chi connectivity index (χ1) is 16.2. The molecule has 0 aliphatic heterocycles. The van der Waals surface area contributed by atoms with Crippen LogP contribution in [0.15, 0.2) is 66.3 Å². The van der Waals surface area contributed by atoms with Gasteiger partial charge in [0.05, 0.1) is 13.0 Å². The van der Waals surface area contributed by atoms with Crippen molar-refractivity contribution in [2.45, 2.75) is 51.1 Å². The minimum absolute atomic E-state index is 0.144. The number of nitrogens with zero attached hydrogens (tertiary/aromatic N) is 2. The van der Waals surface area contributed by atoms with Crippen molar-refractivity contribution in [3.63, 3.8) is 0 Å². The quantitative estimate of drug-likeness (QED) is 0.489. The van der Waals surface area contributed by atoms with Crippen molar-refractivity contribution >= 4 is 28.8 Å². The predicted octanol–water partition coefficient (Wildman–Crippen LogP) is 4.92. The summed E-state index contributed by atoms with van der Waals surface area (Å²) in [7, 11) is 0. The maximum atomic E-state index is 13.7. The summed E-state index contributed by atoms with van der Waals surface area (Å²) in [5.41, 5.74) is 1.35. The molecule has 2 aromatic heterocycles. The van der Waals surface area contributed by atoms with Gasteiger partial charge in [-0.2, -0.15) is 0 Å². The lowest BCUT2D eigenvalue weighted by Gasteiger charge is -2.32. The number of aromatic nitrogens is 1. The Morgan fingerprint density at radius 1 is 1.15 bits per heavy atom. The summed E-state index contributed by atoms with van der Waals surface area (Å²) >= 11 is 1.53. The molecule has 0 radical (unpaired) electrons. The monoisotopic (exact) mass is 463 g/mol. The van der Waals surface area contributed by atoms with Crippen LogP contribution < -0.4 is 15.0 Å². The number of benzene rings is 1. The minimum Gasteiger partial charge on any atom is -0.494 e. The predicted molar refractivity (Wildman–Crippen MR) is 130 cm³/mol. The second kappa shape index (κ2) is 11.1. The van der Waals surface area contributed by atoms with Crippen LogP contribution in [-0.2, 0) is 16.0 Å². The molecular formula is C26H29N3O3S. The van der Waals surface area contributed by atoms with E-state index in [1.165, 1.54) is 11.3 Å². The van der Waals surface area contributed by atoms with E-state index < -0.39 is 6.04 Å². The van der Waals surface area contributed by atoms with Crippen molar-refractivity contribution in [2.75, 3.05) is 11.5 Å². The zero-order valence-corrected chi connectivity index (χ0v) is 19.6. The van der Waals surface area contributed by atoms with Crippen molar-refractivity contribution in [3.05, 3.63) is 76.7 Å². The van der Waals surface area contributed by atoms with E-state index in [2.05, 4.69) is 10.3 Å². The third-order valence-electron chi connectivity index (χ3n) is 5.81. The molecular weight excluding hydrogens is 434 g/mol. The molecule has 2 heterocycles. The topological polar surface area (TPSA) is 71.5 Å². The molecule has 0 unspecified atom stereocenters. The summed E-state index contributed by atoms with van der Waals surface area (Å²) in [6.07, 6.45) is 7.70. The van der Waals surface area contributed by atoms with Gasteiger partial charge in [-0.1, -0.05) is 25.0 Å². The van der Waals surface area contributed by atoms with Crippen molar-refractivity contribution in [3.8, 4) is 5.75 Å². The lowest BCUT2D eigenvalue weighted by molar-refractivity contribution is -0.127. The smallest absolute Gasteiger partial charge is 0.248 e. The lowest BCUT2D eigenvalue weighted by Crippen LogP contribution is -2.46. The van der Waals surface area contributed by atoms with E-state index in [0.29, 0.717) is 18.0 Å². The van der Waals surface area contributed by atoms with E-state index >= 15 is 0 Å². The van der Waals surface area contributed by atoms with E-state index in [-0.39, 0.29) is 24.3 Å². The fraction of sp³-hybridized carbons (Fsp3) is 0.346. The fourth-order valence-electron chi connectivity index (χ4n) is 4.29. The lowest BCUT2D eigenvalue weighted by atomic mass is 10.0. The summed E-state index contributed by atoms with van der Waals surface area (Å²) in [5.74, 6) is 0.345. The van der Waals surface area contributed by atoms with E-state index in [1.54, 1.807) is 29.4 Å². The molecule has 1 aliphatic rings. The number of ether oxygens (including phenoxy) is 1. The summed E-state index contributed by atoms with van der Waals surface area (Å²) < 4.78 is 5.69. The number of anilines is 1. The molecule has 6 nitrogen and oxygen atoms in total. The highest BCUT2D eigenvalue weighted by molar-refractivity contribution is 7.10. The van der Waals surface area contributed by atoms with Crippen molar-refractivity contribution < 1.29 is 14.3 Å². The highest BCUT2D eigenvalue weighted by Gasteiger charge is 2.34. The number of carbonyl (C=O) groups is 2. The number of hydrogen-bond acceptors (Lipinski definition) is 5. The van der Waals surface area contributed by atoms with E-state index in [9.17, 15) is 9.59 Å². The number of pyridine rings is 1. The second-order valence-electron chi connectivity index (χ2n) is 8.12. The van der Waals surface area contributed by atoms with Crippen molar-refractivity contribution in [1.82, 2.24) is 10.3 Å². The Morgan fingerprint density at radius 3 is 2.64 bits per heavy atom. The molecule has 0 spiro atoms. The Balaban J connectivity index is 1.75. The van der Waals surface area contributed by atoms with Gasteiger partial charge < -0.3 is 10.1 Å². The van der Waals surface area contributed by atoms with Gasteiger partial charge in [-0.15, -0.1) is 11.3 Å². The molecule has 0 saturated heterocycles. The third kappa shape index (κ3) is 5.79. The zero-order valence-electron chi connectivity index (χ0n) is 18.8. The van der Waals surface area contributed by atoms with Crippen LogP contribution in [0, 0.1) is 0 Å². The van der Waals surface area contributed by atoms with Crippen LogP contribution in [-0.4, -0.2) is 29.4 Å². The number of rotatable bonds is 9. The standard InChI is InChI=1S/C26H29N3O3S/c1-2-32-22-10-5-9-21(17-22)29(24(30)18-23-11-6-16-33-23)25(19-12-14-27-15-13-19)26(31)28-20-7-3-4-8-20/h5-6,9-17,20,25H,2-4,7-8,18H2,1H3,(H,28,31)/t25-/m0/s1. The number of nitrogens with one attached hydrogen (secondary N) is 1. The molecule has 33 heavy (non-hydrogen) atoms. The van der Waals surface area contributed by atoms with Gasteiger partial charge in [0.1, 0.15) is 11.8 Å². The average Bonchev–Trinajstić information content (AvgIpc) is 3.52. The van der Waals surface area contributed by atoms with Crippen LogP contribution in [0.25, 0.3) is 0 Å². The first-order valence-corrected chi connectivity index (χ1v) is 12.3. The zero-order chi connectivity index (χ0) is 23.0. The summed E-state index contributed by atoms with van der Waals surface area (Å²) in [6.45, 7) is 2.43. The Morgan fingerprint density at radius 2 is 1.94 bits per heavy atom. The summed E-state index contributed by atoms with van der Waals surface area (Å²) in [4.78, 5) is 34.1. The van der Waals surface area contributed by atoms with Gasteiger partial charge in [0.15, 0.2) is 0 Å². The van der Waals surface area contributed by atoms with Gasteiger partial charge in [0.2, 0.25) is 11.8 Å². The molecule has 1 fully saturated rings. The van der Waals surface area contributed by atoms with Gasteiger partial charge in [0.25, 0.3) is 0 Å². The molecule has 172 valence electrons. The Bertz CT molecular complexity index is 1050. The number of hydrogen-bond donors (Lipinski definition) is 1. The van der Waals surface area contributed by atoms with E-state index in [1.807, 2.05) is 48.7 Å². The fourth-order valence-corrected chi connectivity index (χ4v) is 4.98. The van der Waals surface area contributed by atoms with Crippen LogP contribution >= 0.6 is 11.3 Å². The van der Waals surface area contributed by atoms with E-state index in [0.717, 1.165) is 36.1 Å². The van der Waals surface area contributed by atoms with Gasteiger partial charge >= 0.3 is 0 Å². The molecule has 4 rings (SSSR count). The van der Waals surface area contributed by atoms with Crippen LogP contribution in [0.2, 0.25) is 0 Å². The van der Waals surface area contributed by atoms with Gasteiger partial charge in [-0.05, 0) is 61.0 Å². The molecule has 2 amide bonds. The molecule has 1 atom stereocenters. The van der Waals surface area contributed by atoms with Crippen LogP contribution in [0.1, 0.15) is 49.1 Å². The summed E-state index contributed by atoms with van der Waals surface area (Å²) in [6, 6.07) is 14.2. The molecule has 0 bridgehead atoms. The third-order valence-corrected chi connectivity index (χ3v) is 6.69. The van der Waals surface area contributed by atoms with Gasteiger partial charge in [0, 0.05) is 35.1 Å². The first-order valence-electron chi connectivity index (χ1n) is 11.4. The Labute approximate surface area is 198 Å². The highest BCUT2D eigenvalue weighted by atomic mass is 32.1. The number of thiophene rings is 1. The van der Waals surface area contributed by atoms with Gasteiger partial charge in [-0.25, -0.2) is 0 Å². The van der Waals surface area contributed by atoms with Crippen LogP contribution in [0.5, 0.6) is 5.75 Å². The molecule has 1 N–H and O–H groups in total. The highest BCUT2D eigenvalue weighted by Crippen LogP contribution is 2.32.